The fourth-order valence-corrected chi connectivity index (χ4v) is 11.7. The number of hydrogen-bond acceptors (Lipinski definition) is 1. The van der Waals surface area contributed by atoms with Gasteiger partial charge in [0, 0.05) is 71.9 Å². The summed E-state index contributed by atoms with van der Waals surface area (Å²) in [4.78, 5) is 2.66. The quantitative estimate of drug-likeness (QED) is 0.158. The molecule has 0 atom stereocenters. The summed E-state index contributed by atoms with van der Waals surface area (Å²) < 4.78 is 5.35. The molecule has 0 spiro atoms. The lowest BCUT2D eigenvalue weighted by Gasteiger charge is -2.43. The number of anilines is 2. The van der Waals surface area contributed by atoms with E-state index in [2.05, 4.69) is 230 Å². The number of hydrogen-bond donors (Lipinski definition) is 0. The molecule has 0 saturated carbocycles. The summed E-state index contributed by atoms with van der Waals surface area (Å²) >= 11 is 0. The van der Waals surface area contributed by atoms with Crippen LogP contribution in [0.1, 0.15) is 104 Å². The van der Waals surface area contributed by atoms with Gasteiger partial charge in [0.25, 0.3) is 0 Å². The van der Waals surface area contributed by atoms with Crippen molar-refractivity contribution in [1.29, 1.82) is 0 Å². The number of nitrogens with zero attached hydrogens (tertiary/aromatic N) is 3. The Hall–Kier alpha value is -6.26. The number of para-hydroxylation sites is 2. The molecule has 2 aliphatic heterocycles. The van der Waals surface area contributed by atoms with Gasteiger partial charge in [0.2, 0.25) is 0 Å². The molecule has 310 valence electrons. The van der Waals surface area contributed by atoms with Crippen molar-refractivity contribution < 1.29 is 0 Å². The van der Waals surface area contributed by atoms with Gasteiger partial charge in [-0.05, 0) is 110 Å². The Bertz CT molecular complexity index is 3460. The molecule has 4 heteroatoms. The average Bonchev–Trinajstić information content (AvgIpc) is 3.85. The van der Waals surface area contributed by atoms with Crippen molar-refractivity contribution in [2.75, 3.05) is 4.90 Å². The van der Waals surface area contributed by atoms with Gasteiger partial charge in [-0.2, -0.15) is 0 Å². The fraction of sp³-hybridized carbons (Fsp3) is 0.254. The second-order valence-electron chi connectivity index (χ2n) is 22.3. The highest BCUT2D eigenvalue weighted by Crippen LogP contribution is 2.58. The van der Waals surface area contributed by atoms with Gasteiger partial charge < -0.3 is 13.9 Å². The van der Waals surface area contributed by atoms with Crippen LogP contribution >= 0.6 is 0 Å². The first-order valence-electron chi connectivity index (χ1n) is 23.0. The Labute approximate surface area is 372 Å². The Morgan fingerprint density at radius 1 is 0.476 bits per heavy atom. The number of aromatic nitrogens is 2. The third-order valence-electron chi connectivity index (χ3n) is 14.9. The first kappa shape index (κ1) is 38.4. The second kappa shape index (κ2) is 12.5. The van der Waals surface area contributed by atoms with Crippen LogP contribution in [0.5, 0.6) is 0 Å². The van der Waals surface area contributed by atoms with E-state index in [1.807, 2.05) is 0 Å². The van der Waals surface area contributed by atoms with Gasteiger partial charge in [0.1, 0.15) is 0 Å². The smallest absolute Gasteiger partial charge is 0.329 e. The molecule has 0 unspecified atom stereocenters. The molecule has 0 N–H and O–H groups in total. The molecule has 1 aliphatic carbocycles. The van der Waals surface area contributed by atoms with Crippen LogP contribution in [0.2, 0.25) is 0 Å². The van der Waals surface area contributed by atoms with Gasteiger partial charge in [-0.1, -0.05) is 161 Å². The lowest BCUT2D eigenvalue weighted by Crippen LogP contribution is -2.52. The Balaban J connectivity index is 1.32. The van der Waals surface area contributed by atoms with Crippen LogP contribution in [-0.2, 0) is 21.7 Å². The molecule has 3 aliphatic rings. The first-order chi connectivity index (χ1) is 29.9. The summed E-state index contributed by atoms with van der Waals surface area (Å²) in [6.45, 7) is 26.0. The number of benzene rings is 7. The summed E-state index contributed by atoms with van der Waals surface area (Å²) in [5.74, 6) is 0. The van der Waals surface area contributed by atoms with E-state index in [-0.39, 0.29) is 28.5 Å². The predicted molar refractivity (Wildman–Crippen MR) is 271 cm³/mol. The SMILES string of the molecule is CC(C)(C)c1ccc(N2C3=C(B4c5c(cc(C(C)(C)C)cc52)-c2cc5c6ccccc6n(-c6ccccc6)c5c5c6cc(C(C)(C)C)ccc6n4c25)C(C)(C)c2ccccc23)cc1. The molecule has 0 saturated heterocycles. The van der Waals surface area contributed by atoms with Crippen molar-refractivity contribution in [3.05, 3.63) is 173 Å². The van der Waals surface area contributed by atoms with Gasteiger partial charge in [-0.25, -0.2) is 0 Å². The number of allylic oxidation sites excluding steroid dienone is 1. The Morgan fingerprint density at radius 2 is 1.13 bits per heavy atom. The third-order valence-corrected chi connectivity index (χ3v) is 14.9. The van der Waals surface area contributed by atoms with Gasteiger partial charge in [0.05, 0.1) is 11.0 Å². The molecule has 7 aromatic carbocycles. The van der Waals surface area contributed by atoms with E-state index in [4.69, 9.17) is 0 Å². The number of fused-ring (bicyclic) bond motifs is 12. The van der Waals surface area contributed by atoms with Crippen LogP contribution < -0.4 is 10.4 Å². The van der Waals surface area contributed by atoms with Gasteiger partial charge >= 0.3 is 6.85 Å². The summed E-state index contributed by atoms with van der Waals surface area (Å²) in [6, 6.07) is 53.9. The van der Waals surface area contributed by atoms with Crippen LogP contribution in [0.25, 0.3) is 66.1 Å². The van der Waals surface area contributed by atoms with Gasteiger partial charge in [0.15, 0.2) is 0 Å². The molecule has 0 fully saturated rings. The molecule has 12 rings (SSSR count). The molecule has 3 nitrogen and oxygen atoms in total. The molecule has 0 radical (unpaired) electrons. The van der Waals surface area contributed by atoms with Crippen molar-refractivity contribution >= 4 is 73.0 Å². The maximum Gasteiger partial charge on any atom is 0.329 e. The maximum atomic E-state index is 2.80. The molecule has 0 amide bonds. The lowest BCUT2D eigenvalue weighted by atomic mass is 9.40. The van der Waals surface area contributed by atoms with Crippen LogP contribution in [0.4, 0.5) is 11.4 Å². The normalized spacial score (nSPS) is 15.5. The van der Waals surface area contributed by atoms with Crippen LogP contribution in [-0.4, -0.2) is 15.9 Å². The summed E-state index contributed by atoms with van der Waals surface area (Å²) in [5.41, 5.74) is 22.1. The third kappa shape index (κ3) is 5.15. The molecule has 9 aromatic rings. The zero-order valence-electron chi connectivity index (χ0n) is 38.7. The second-order valence-corrected chi connectivity index (χ2v) is 22.3. The van der Waals surface area contributed by atoms with E-state index in [0.717, 1.165) is 0 Å². The van der Waals surface area contributed by atoms with E-state index in [1.165, 1.54) is 116 Å². The average molecular weight is 818 g/mol. The highest BCUT2D eigenvalue weighted by Gasteiger charge is 2.53. The Kier molecular flexibility index (Phi) is 7.61. The standard InChI is InChI=1S/C59H56BN3/c1-56(2,3)35-25-28-39(29-26-35)62-49-33-37(58(7,8)9)32-42-44-34-43-40-21-16-18-24-47(40)61(38-19-13-12-14-20-38)52(43)50-45-31-36(57(4,5)6)27-30-48(45)63(53(44)50)60(51(42)49)55-54(62)41-22-15-17-23-46(41)59(55,10)11/h12-34H,1-11H3. The highest BCUT2D eigenvalue weighted by molar-refractivity contribution is 6.85. The van der Waals surface area contributed by atoms with Crippen molar-refractivity contribution in [3.63, 3.8) is 0 Å². The summed E-state index contributed by atoms with van der Waals surface area (Å²) in [7, 11) is 0. The van der Waals surface area contributed by atoms with Crippen molar-refractivity contribution in [1.82, 2.24) is 9.05 Å². The van der Waals surface area contributed by atoms with Gasteiger partial charge in [-0.3, -0.25) is 0 Å². The van der Waals surface area contributed by atoms with E-state index in [0.29, 0.717) is 0 Å². The lowest BCUT2D eigenvalue weighted by molar-refractivity contribution is 0.590. The van der Waals surface area contributed by atoms with E-state index >= 15 is 0 Å². The summed E-state index contributed by atoms with van der Waals surface area (Å²) in [6.07, 6.45) is 0. The molecular formula is C59H56BN3. The van der Waals surface area contributed by atoms with Crippen molar-refractivity contribution in [3.8, 4) is 16.8 Å². The Morgan fingerprint density at radius 3 is 1.84 bits per heavy atom. The zero-order chi connectivity index (χ0) is 43.7. The monoisotopic (exact) mass is 817 g/mol. The minimum atomic E-state index is -0.257. The van der Waals surface area contributed by atoms with Crippen LogP contribution in [0.3, 0.4) is 0 Å². The van der Waals surface area contributed by atoms with E-state index in [9.17, 15) is 0 Å². The zero-order valence-corrected chi connectivity index (χ0v) is 38.7. The minimum Gasteiger partial charge on any atom is -0.375 e. The largest absolute Gasteiger partial charge is 0.375 e. The van der Waals surface area contributed by atoms with Gasteiger partial charge in [-0.15, -0.1) is 0 Å². The molecule has 0 bridgehead atoms. The minimum absolute atomic E-state index is 0.0257. The highest BCUT2D eigenvalue weighted by atomic mass is 15.2. The van der Waals surface area contributed by atoms with Crippen LogP contribution in [0.15, 0.2) is 145 Å². The van der Waals surface area contributed by atoms with Crippen LogP contribution in [0, 0.1) is 0 Å². The summed E-state index contributed by atoms with van der Waals surface area (Å²) in [5, 5.41) is 5.24. The topological polar surface area (TPSA) is 13.1 Å². The maximum absolute atomic E-state index is 2.80. The number of rotatable bonds is 2. The first-order valence-corrected chi connectivity index (χ1v) is 23.0. The molecule has 4 heterocycles. The van der Waals surface area contributed by atoms with E-state index < -0.39 is 0 Å². The molecule has 2 aromatic heterocycles. The predicted octanol–water partition coefficient (Wildman–Crippen LogP) is 14.9. The van der Waals surface area contributed by atoms with Crippen molar-refractivity contribution in [2.45, 2.75) is 97.8 Å². The fourth-order valence-electron chi connectivity index (χ4n) is 11.7. The molecular weight excluding hydrogens is 761 g/mol. The van der Waals surface area contributed by atoms with Crippen molar-refractivity contribution in [2.24, 2.45) is 0 Å². The molecule has 63 heavy (non-hydrogen) atoms. The van der Waals surface area contributed by atoms with E-state index in [1.54, 1.807) is 0 Å².